The average molecular weight is 153 g/mol. The summed E-state index contributed by atoms with van der Waals surface area (Å²) in [7, 11) is 1.67. The van der Waals surface area contributed by atoms with Gasteiger partial charge in [0.1, 0.15) is 5.76 Å². The summed E-state index contributed by atoms with van der Waals surface area (Å²) in [6.45, 7) is 4.22. The second kappa shape index (κ2) is 2.99. The number of ether oxygens (including phenoxy) is 1. The molecule has 0 saturated carbocycles. The maximum atomic E-state index is 5.75. The molecular formula is C9H15NO. The van der Waals surface area contributed by atoms with E-state index in [1.807, 2.05) is 6.08 Å². The summed E-state index contributed by atoms with van der Waals surface area (Å²) in [5.74, 6) is 1.36. The first-order chi connectivity index (χ1) is 5.15. The minimum atomic E-state index is 0.435. The molecule has 0 amide bonds. The van der Waals surface area contributed by atoms with Crippen molar-refractivity contribution in [2.24, 2.45) is 11.7 Å². The van der Waals surface area contributed by atoms with E-state index in [2.05, 4.69) is 13.8 Å². The van der Waals surface area contributed by atoms with E-state index in [1.54, 1.807) is 7.11 Å². The average Bonchev–Trinajstić information content (AvgIpc) is 1.85. The topological polar surface area (TPSA) is 35.2 Å². The van der Waals surface area contributed by atoms with Crippen LogP contribution in [0.1, 0.15) is 20.3 Å². The molecule has 0 aromatic heterocycles. The van der Waals surface area contributed by atoms with E-state index in [-0.39, 0.29) is 0 Å². The summed E-state index contributed by atoms with van der Waals surface area (Å²) in [6.07, 6.45) is 3.04. The van der Waals surface area contributed by atoms with Crippen LogP contribution in [0, 0.1) is 5.92 Å². The van der Waals surface area contributed by atoms with Gasteiger partial charge in [-0.1, -0.05) is 12.5 Å². The molecule has 0 aromatic rings. The molecule has 1 aliphatic carbocycles. The van der Waals surface area contributed by atoms with Crippen LogP contribution >= 0.6 is 0 Å². The highest BCUT2D eigenvalue weighted by molar-refractivity contribution is 5.29. The standard InChI is InChI=1S/C9H15NO/c1-6-4-7(2)9(11-3)8(10)5-6/h5,7H,4,10H2,1-3H3. The van der Waals surface area contributed by atoms with Crippen LogP contribution in [0.25, 0.3) is 0 Å². The monoisotopic (exact) mass is 153 g/mol. The number of hydrogen-bond donors (Lipinski definition) is 1. The zero-order chi connectivity index (χ0) is 8.43. The number of methoxy groups -OCH3 is 1. The Balaban J connectivity index is 2.92. The first-order valence-electron chi connectivity index (χ1n) is 3.86. The van der Waals surface area contributed by atoms with Crippen molar-refractivity contribution in [1.29, 1.82) is 0 Å². The Hall–Kier alpha value is -0.920. The van der Waals surface area contributed by atoms with Gasteiger partial charge >= 0.3 is 0 Å². The second-order valence-corrected chi connectivity index (χ2v) is 3.12. The van der Waals surface area contributed by atoms with Crippen LogP contribution in [0.3, 0.4) is 0 Å². The van der Waals surface area contributed by atoms with Gasteiger partial charge in [0.15, 0.2) is 0 Å². The third-order valence-electron chi connectivity index (χ3n) is 1.98. The fourth-order valence-corrected chi connectivity index (χ4v) is 1.57. The predicted octanol–water partition coefficient (Wildman–Crippen LogP) is 1.79. The molecule has 1 unspecified atom stereocenters. The third-order valence-corrected chi connectivity index (χ3v) is 1.98. The molecule has 2 nitrogen and oxygen atoms in total. The van der Waals surface area contributed by atoms with Crippen molar-refractivity contribution in [3.63, 3.8) is 0 Å². The van der Waals surface area contributed by atoms with Gasteiger partial charge in [0.05, 0.1) is 12.8 Å². The lowest BCUT2D eigenvalue weighted by molar-refractivity contribution is 0.240. The Morgan fingerprint density at radius 2 is 2.27 bits per heavy atom. The lowest BCUT2D eigenvalue weighted by Crippen LogP contribution is -2.14. The van der Waals surface area contributed by atoms with E-state index in [0.29, 0.717) is 5.92 Å². The normalized spacial score (nSPS) is 25.0. The summed E-state index contributed by atoms with van der Waals surface area (Å²) in [4.78, 5) is 0. The van der Waals surface area contributed by atoms with Gasteiger partial charge in [0, 0.05) is 5.92 Å². The van der Waals surface area contributed by atoms with Crippen molar-refractivity contribution >= 4 is 0 Å². The molecule has 0 radical (unpaired) electrons. The van der Waals surface area contributed by atoms with Crippen LogP contribution in [-0.2, 0) is 4.74 Å². The van der Waals surface area contributed by atoms with Gasteiger partial charge < -0.3 is 10.5 Å². The molecule has 0 bridgehead atoms. The first-order valence-corrected chi connectivity index (χ1v) is 3.86. The molecule has 0 fully saturated rings. The first kappa shape index (κ1) is 8.18. The molecular weight excluding hydrogens is 138 g/mol. The Bertz CT molecular complexity index is 216. The van der Waals surface area contributed by atoms with Gasteiger partial charge in [-0.15, -0.1) is 0 Å². The number of nitrogens with two attached hydrogens (primary N) is 1. The SMILES string of the molecule is COC1=C(N)C=C(C)CC1C. The van der Waals surface area contributed by atoms with E-state index < -0.39 is 0 Å². The molecule has 1 aliphatic rings. The fraction of sp³-hybridized carbons (Fsp3) is 0.556. The van der Waals surface area contributed by atoms with Gasteiger partial charge in [-0.05, 0) is 19.4 Å². The van der Waals surface area contributed by atoms with Gasteiger partial charge in [-0.2, -0.15) is 0 Å². The summed E-state index contributed by atoms with van der Waals surface area (Å²) >= 11 is 0. The van der Waals surface area contributed by atoms with E-state index in [9.17, 15) is 0 Å². The van der Waals surface area contributed by atoms with Crippen LogP contribution in [0.5, 0.6) is 0 Å². The molecule has 2 heteroatoms. The highest BCUT2D eigenvalue weighted by Gasteiger charge is 2.17. The highest BCUT2D eigenvalue weighted by atomic mass is 16.5. The zero-order valence-electron chi connectivity index (χ0n) is 7.35. The van der Waals surface area contributed by atoms with Gasteiger partial charge in [0.25, 0.3) is 0 Å². The smallest absolute Gasteiger partial charge is 0.121 e. The van der Waals surface area contributed by atoms with E-state index >= 15 is 0 Å². The molecule has 62 valence electrons. The maximum absolute atomic E-state index is 5.75. The van der Waals surface area contributed by atoms with Gasteiger partial charge in [-0.3, -0.25) is 0 Å². The maximum Gasteiger partial charge on any atom is 0.121 e. The molecule has 1 atom stereocenters. The van der Waals surface area contributed by atoms with Crippen molar-refractivity contribution in [1.82, 2.24) is 0 Å². The lowest BCUT2D eigenvalue weighted by Gasteiger charge is -2.21. The summed E-state index contributed by atoms with van der Waals surface area (Å²) in [5, 5.41) is 0. The molecule has 0 heterocycles. The Morgan fingerprint density at radius 1 is 1.64 bits per heavy atom. The van der Waals surface area contributed by atoms with Crippen LogP contribution in [-0.4, -0.2) is 7.11 Å². The Kier molecular flexibility index (Phi) is 2.22. The molecule has 0 aliphatic heterocycles. The van der Waals surface area contributed by atoms with Crippen molar-refractivity contribution < 1.29 is 4.74 Å². The van der Waals surface area contributed by atoms with Crippen molar-refractivity contribution in [2.75, 3.05) is 7.11 Å². The third kappa shape index (κ3) is 1.56. The zero-order valence-corrected chi connectivity index (χ0v) is 7.35. The Morgan fingerprint density at radius 3 is 2.73 bits per heavy atom. The van der Waals surface area contributed by atoms with Crippen molar-refractivity contribution in [2.45, 2.75) is 20.3 Å². The molecule has 0 spiro atoms. The van der Waals surface area contributed by atoms with E-state index in [4.69, 9.17) is 10.5 Å². The van der Waals surface area contributed by atoms with Gasteiger partial charge in [0.2, 0.25) is 0 Å². The minimum absolute atomic E-state index is 0.435. The number of hydrogen-bond acceptors (Lipinski definition) is 2. The van der Waals surface area contributed by atoms with Crippen LogP contribution < -0.4 is 5.73 Å². The lowest BCUT2D eigenvalue weighted by atomic mass is 9.93. The van der Waals surface area contributed by atoms with Crippen LogP contribution in [0.15, 0.2) is 23.1 Å². The number of rotatable bonds is 1. The largest absolute Gasteiger partial charge is 0.499 e. The van der Waals surface area contributed by atoms with E-state index in [1.165, 1.54) is 5.57 Å². The highest BCUT2D eigenvalue weighted by Crippen LogP contribution is 2.26. The van der Waals surface area contributed by atoms with Crippen LogP contribution in [0.4, 0.5) is 0 Å². The minimum Gasteiger partial charge on any atom is -0.499 e. The van der Waals surface area contributed by atoms with E-state index in [0.717, 1.165) is 17.9 Å². The molecule has 11 heavy (non-hydrogen) atoms. The molecule has 1 rings (SSSR count). The summed E-state index contributed by atoms with van der Waals surface area (Å²) in [6, 6.07) is 0. The fourth-order valence-electron chi connectivity index (χ4n) is 1.57. The molecule has 0 saturated heterocycles. The summed E-state index contributed by atoms with van der Waals surface area (Å²) < 4.78 is 5.17. The van der Waals surface area contributed by atoms with Crippen LogP contribution in [0.2, 0.25) is 0 Å². The summed E-state index contributed by atoms with van der Waals surface area (Å²) in [5.41, 5.74) is 7.86. The number of allylic oxidation sites excluding steroid dienone is 3. The molecule has 2 N–H and O–H groups in total. The van der Waals surface area contributed by atoms with Gasteiger partial charge in [-0.25, -0.2) is 0 Å². The predicted molar refractivity (Wildman–Crippen MR) is 45.8 cm³/mol. The Labute approximate surface area is 67.7 Å². The molecule has 0 aromatic carbocycles. The quantitative estimate of drug-likeness (QED) is 0.623. The van der Waals surface area contributed by atoms with Crippen molar-refractivity contribution in [3.8, 4) is 0 Å². The van der Waals surface area contributed by atoms with Crippen molar-refractivity contribution in [3.05, 3.63) is 23.1 Å². The second-order valence-electron chi connectivity index (χ2n) is 3.12.